The average molecular weight is 185 g/mol. The van der Waals surface area contributed by atoms with Crippen LogP contribution in [0.4, 0.5) is 0 Å². The smallest absolute Gasteiger partial charge is 0.339 e. The van der Waals surface area contributed by atoms with Crippen molar-refractivity contribution in [3.05, 3.63) is 0 Å². The monoisotopic (exact) mass is 185 g/mol. The standard InChI is InChI=1S/C4H10NO5P/c1-3(4(6)7)5-2-11(8,9)10/h3,5H,2H2,1H3,(H,6,7)(H2,8,9,10)/i1+2. The van der Waals surface area contributed by atoms with Gasteiger partial charge in [-0.3, -0.25) is 14.7 Å². The number of carboxylic acids is 1. The molecule has 0 rings (SSSR count). The van der Waals surface area contributed by atoms with Crippen LogP contribution in [0.2, 0.25) is 0 Å². The van der Waals surface area contributed by atoms with E-state index in [-0.39, 0.29) is 0 Å². The SMILES string of the molecule is [14CH3]C(NCP(=O)(O)O)C(=O)O. The normalized spacial score (nSPS) is 14.5. The first-order valence-corrected chi connectivity index (χ1v) is 4.63. The molecule has 1 unspecified atom stereocenters. The lowest BCUT2D eigenvalue weighted by molar-refractivity contribution is -0.138. The van der Waals surface area contributed by atoms with Crippen LogP contribution in [-0.4, -0.2) is 33.2 Å². The highest BCUT2D eigenvalue weighted by Crippen LogP contribution is 2.32. The van der Waals surface area contributed by atoms with Gasteiger partial charge in [0.25, 0.3) is 0 Å². The van der Waals surface area contributed by atoms with Crippen LogP contribution in [-0.2, 0) is 9.36 Å². The highest BCUT2D eigenvalue weighted by Gasteiger charge is 2.17. The van der Waals surface area contributed by atoms with Gasteiger partial charge in [-0.15, -0.1) is 0 Å². The van der Waals surface area contributed by atoms with E-state index in [0.717, 1.165) is 0 Å². The van der Waals surface area contributed by atoms with Crippen molar-refractivity contribution in [1.29, 1.82) is 0 Å². The van der Waals surface area contributed by atoms with Crippen molar-refractivity contribution in [2.24, 2.45) is 0 Å². The summed E-state index contributed by atoms with van der Waals surface area (Å²) in [6.07, 6.45) is -0.611. The third-order valence-corrected chi connectivity index (χ3v) is 1.57. The molecule has 0 aliphatic heterocycles. The molecule has 6 nitrogen and oxygen atoms in total. The molecule has 0 saturated carbocycles. The molecular weight excluding hydrogens is 175 g/mol. The summed E-state index contributed by atoms with van der Waals surface area (Å²) in [5, 5.41) is 10.4. The molecule has 0 spiro atoms. The fourth-order valence-electron chi connectivity index (χ4n) is 0.343. The summed E-state index contributed by atoms with van der Waals surface area (Å²) in [5.41, 5.74) is 0. The number of nitrogens with one attached hydrogen (secondary N) is 1. The lowest BCUT2D eigenvalue weighted by Gasteiger charge is -2.09. The van der Waals surface area contributed by atoms with Gasteiger partial charge in [-0.25, -0.2) is 0 Å². The van der Waals surface area contributed by atoms with Crippen molar-refractivity contribution < 1.29 is 24.3 Å². The Balaban J connectivity index is 3.72. The minimum atomic E-state index is -4.13. The van der Waals surface area contributed by atoms with Crippen molar-refractivity contribution >= 4 is 13.6 Å². The van der Waals surface area contributed by atoms with E-state index in [4.69, 9.17) is 14.9 Å². The van der Waals surface area contributed by atoms with E-state index < -0.39 is 25.9 Å². The maximum Gasteiger partial charge on any atom is 0.339 e. The average Bonchev–Trinajstić information content (AvgIpc) is 1.80. The van der Waals surface area contributed by atoms with Gasteiger partial charge >= 0.3 is 13.6 Å². The Kier molecular flexibility index (Phi) is 3.68. The summed E-state index contributed by atoms with van der Waals surface area (Å²) in [6.45, 7) is 1.30. The van der Waals surface area contributed by atoms with Crippen molar-refractivity contribution in [3.8, 4) is 0 Å². The molecule has 0 fully saturated rings. The van der Waals surface area contributed by atoms with E-state index in [1.165, 1.54) is 6.92 Å². The molecule has 66 valence electrons. The van der Waals surface area contributed by atoms with Crippen LogP contribution in [0.15, 0.2) is 0 Å². The van der Waals surface area contributed by atoms with Crippen LogP contribution in [0.1, 0.15) is 6.92 Å². The fourth-order valence-corrected chi connectivity index (χ4v) is 0.855. The maximum absolute atomic E-state index is 10.2. The molecule has 0 aliphatic carbocycles. The summed E-state index contributed by atoms with van der Waals surface area (Å²) in [4.78, 5) is 26.7. The third kappa shape index (κ3) is 6.00. The molecule has 4 N–H and O–H groups in total. The third-order valence-electron chi connectivity index (χ3n) is 0.974. The first kappa shape index (κ1) is 10.6. The Morgan fingerprint density at radius 1 is 1.64 bits per heavy atom. The Bertz CT molecular complexity index is 187. The van der Waals surface area contributed by atoms with Gasteiger partial charge in [0.2, 0.25) is 0 Å². The Hall–Kier alpha value is -0.420. The van der Waals surface area contributed by atoms with Gasteiger partial charge in [0.1, 0.15) is 6.04 Å². The first-order valence-electron chi connectivity index (χ1n) is 2.83. The summed E-state index contributed by atoms with van der Waals surface area (Å²) in [5.74, 6) is -1.14. The zero-order valence-electron chi connectivity index (χ0n) is 5.89. The number of aliphatic carboxylic acids is 1. The van der Waals surface area contributed by atoms with Gasteiger partial charge in [0.05, 0.1) is 6.29 Å². The lowest BCUT2D eigenvalue weighted by atomic mass is 10.5. The second-order valence-corrected chi connectivity index (χ2v) is 3.73. The largest absolute Gasteiger partial charge is 0.480 e. The van der Waals surface area contributed by atoms with E-state index >= 15 is 0 Å². The second-order valence-electron chi connectivity index (χ2n) is 2.09. The van der Waals surface area contributed by atoms with Crippen molar-refractivity contribution in [2.45, 2.75) is 13.0 Å². The molecule has 0 amide bonds. The number of carbonyl (C=O) groups is 1. The molecule has 0 aliphatic rings. The van der Waals surface area contributed by atoms with Crippen LogP contribution in [0.3, 0.4) is 0 Å². The summed E-state index contributed by atoms with van der Waals surface area (Å²) < 4.78 is 10.2. The van der Waals surface area contributed by atoms with Crippen LogP contribution in [0, 0.1) is 0 Å². The zero-order chi connectivity index (χ0) is 9.07. The minimum absolute atomic E-state index is 0.611. The van der Waals surface area contributed by atoms with Crippen molar-refractivity contribution in [3.63, 3.8) is 0 Å². The predicted molar refractivity (Wildman–Crippen MR) is 37.1 cm³/mol. The van der Waals surface area contributed by atoms with E-state index in [2.05, 4.69) is 5.32 Å². The number of hydrogen-bond acceptors (Lipinski definition) is 3. The maximum atomic E-state index is 10.2. The van der Waals surface area contributed by atoms with Crippen molar-refractivity contribution in [1.82, 2.24) is 5.32 Å². The lowest BCUT2D eigenvalue weighted by Crippen LogP contribution is -2.34. The molecule has 7 heteroatoms. The number of hydrogen-bond donors (Lipinski definition) is 4. The zero-order valence-corrected chi connectivity index (χ0v) is 6.78. The molecule has 0 bridgehead atoms. The minimum Gasteiger partial charge on any atom is -0.480 e. The molecule has 0 heterocycles. The summed E-state index contributed by atoms with van der Waals surface area (Å²) in [7, 11) is -4.13. The molecule has 0 radical (unpaired) electrons. The van der Waals surface area contributed by atoms with Gasteiger partial charge in [-0.1, -0.05) is 0 Å². The molecule has 0 aromatic carbocycles. The van der Waals surface area contributed by atoms with Crippen LogP contribution in [0.25, 0.3) is 0 Å². The molecule has 11 heavy (non-hydrogen) atoms. The highest BCUT2D eigenvalue weighted by molar-refractivity contribution is 7.51. The van der Waals surface area contributed by atoms with Gasteiger partial charge < -0.3 is 14.9 Å². The summed E-state index contributed by atoms with van der Waals surface area (Å²) >= 11 is 0. The van der Waals surface area contributed by atoms with Gasteiger partial charge in [-0.05, 0) is 6.92 Å². The Morgan fingerprint density at radius 2 is 2.09 bits per heavy atom. The Morgan fingerprint density at radius 3 is 2.36 bits per heavy atom. The Labute approximate surface area is 63.4 Å². The van der Waals surface area contributed by atoms with Gasteiger partial charge in [-0.2, -0.15) is 0 Å². The number of rotatable bonds is 4. The van der Waals surface area contributed by atoms with E-state index in [1.54, 1.807) is 0 Å². The van der Waals surface area contributed by atoms with Crippen LogP contribution >= 0.6 is 7.60 Å². The predicted octanol–water partition coefficient (Wildman–Crippen LogP) is -0.816. The van der Waals surface area contributed by atoms with Crippen LogP contribution in [0.5, 0.6) is 0 Å². The van der Waals surface area contributed by atoms with Gasteiger partial charge in [0.15, 0.2) is 0 Å². The van der Waals surface area contributed by atoms with E-state index in [1.807, 2.05) is 0 Å². The van der Waals surface area contributed by atoms with Gasteiger partial charge in [0, 0.05) is 0 Å². The topological polar surface area (TPSA) is 107 Å². The quantitative estimate of drug-likeness (QED) is 0.426. The first-order chi connectivity index (χ1) is 4.83. The van der Waals surface area contributed by atoms with Crippen LogP contribution < -0.4 is 5.32 Å². The van der Waals surface area contributed by atoms with E-state index in [9.17, 15) is 9.36 Å². The second kappa shape index (κ2) is 3.82. The molecule has 0 aromatic rings. The molecule has 1 atom stereocenters. The van der Waals surface area contributed by atoms with Crippen molar-refractivity contribution in [2.75, 3.05) is 6.29 Å². The number of carboxylic acid groups (broad SMARTS) is 1. The molecule has 0 aromatic heterocycles. The summed E-state index contributed by atoms with van der Waals surface area (Å²) in [6, 6.07) is -0.942. The fraction of sp³-hybridized carbons (Fsp3) is 0.750. The molecular formula is C4H10NO5P. The van der Waals surface area contributed by atoms with E-state index in [0.29, 0.717) is 0 Å². The molecule has 0 saturated heterocycles. The highest BCUT2D eigenvalue weighted by atomic mass is 31.2.